The number of rotatable bonds is 2. The third-order valence-electron chi connectivity index (χ3n) is 2.56. The van der Waals surface area contributed by atoms with Gasteiger partial charge in [-0.25, -0.2) is 9.69 Å². The summed E-state index contributed by atoms with van der Waals surface area (Å²) in [6, 6.07) is 5.11. The quantitative estimate of drug-likeness (QED) is 0.590. The molecule has 0 unspecified atom stereocenters. The molecule has 0 atom stereocenters. The zero-order chi connectivity index (χ0) is 13.5. The Labute approximate surface area is 102 Å². The maximum absolute atomic E-state index is 11.9. The van der Waals surface area contributed by atoms with Crippen molar-refractivity contribution in [3.63, 3.8) is 0 Å². The van der Waals surface area contributed by atoms with Crippen LogP contribution in [-0.2, 0) is 9.53 Å². The molecule has 1 heterocycles. The van der Waals surface area contributed by atoms with E-state index in [1.807, 2.05) is 0 Å². The van der Waals surface area contributed by atoms with Crippen molar-refractivity contribution in [3.8, 4) is 0 Å². The summed E-state index contributed by atoms with van der Waals surface area (Å²) in [5.41, 5.74) is -1.07. The number of non-ortho nitro benzene ring substituents is 1. The van der Waals surface area contributed by atoms with Crippen molar-refractivity contribution in [2.75, 3.05) is 4.90 Å². The predicted octanol–water partition coefficient (Wildman–Crippen LogP) is 1.86. The van der Waals surface area contributed by atoms with Crippen LogP contribution in [0.25, 0.3) is 0 Å². The zero-order valence-electron chi connectivity index (χ0n) is 9.75. The highest BCUT2D eigenvalue weighted by atomic mass is 16.6. The Balaban J connectivity index is 2.35. The van der Waals surface area contributed by atoms with Crippen LogP contribution in [0.5, 0.6) is 0 Å². The van der Waals surface area contributed by atoms with Crippen molar-refractivity contribution in [1.82, 2.24) is 0 Å². The van der Waals surface area contributed by atoms with Crippen molar-refractivity contribution in [2.45, 2.75) is 19.4 Å². The van der Waals surface area contributed by atoms with Crippen LogP contribution in [0, 0.1) is 10.1 Å². The van der Waals surface area contributed by atoms with E-state index in [-0.39, 0.29) is 11.4 Å². The molecule has 0 radical (unpaired) electrons. The number of cyclic esters (lactones) is 1. The SMILES string of the molecule is CC1(C)OC(=O)N(c2ccc([N+](=O)[O-])cc2)C1=O. The van der Waals surface area contributed by atoms with Gasteiger partial charge < -0.3 is 4.74 Å². The van der Waals surface area contributed by atoms with E-state index in [1.54, 1.807) is 0 Å². The van der Waals surface area contributed by atoms with Gasteiger partial charge in [-0.3, -0.25) is 14.9 Å². The summed E-state index contributed by atoms with van der Waals surface area (Å²) in [6.45, 7) is 2.97. The number of hydrogen-bond donors (Lipinski definition) is 0. The molecular formula is C11H10N2O5. The van der Waals surface area contributed by atoms with Gasteiger partial charge >= 0.3 is 6.09 Å². The molecule has 18 heavy (non-hydrogen) atoms. The average Bonchev–Trinajstić information content (AvgIpc) is 2.48. The van der Waals surface area contributed by atoms with Crippen LogP contribution >= 0.6 is 0 Å². The number of carbonyl (C=O) groups is 2. The van der Waals surface area contributed by atoms with E-state index < -0.39 is 22.5 Å². The number of nitrogens with zero attached hydrogens (tertiary/aromatic N) is 2. The van der Waals surface area contributed by atoms with Gasteiger partial charge in [-0.05, 0) is 26.0 Å². The summed E-state index contributed by atoms with van der Waals surface area (Å²) in [5.74, 6) is -0.499. The van der Waals surface area contributed by atoms with Crippen molar-refractivity contribution < 1.29 is 19.2 Å². The maximum Gasteiger partial charge on any atom is 0.422 e. The number of amides is 2. The van der Waals surface area contributed by atoms with Crippen molar-refractivity contribution >= 4 is 23.4 Å². The van der Waals surface area contributed by atoms with Crippen molar-refractivity contribution in [3.05, 3.63) is 34.4 Å². The molecule has 94 valence electrons. The minimum Gasteiger partial charge on any atom is -0.433 e. The largest absolute Gasteiger partial charge is 0.433 e. The lowest BCUT2D eigenvalue weighted by Crippen LogP contribution is -2.36. The Morgan fingerprint density at radius 1 is 1.22 bits per heavy atom. The minimum atomic E-state index is -1.21. The third-order valence-corrected chi connectivity index (χ3v) is 2.56. The van der Waals surface area contributed by atoms with E-state index in [1.165, 1.54) is 38.1 Å². The molecule has 2 rings (SSSR count). The summed E-state index contributed by atoms with van der Waals surface area (Å²) >= 11 is 0. The summed E-state index contributed by atoms with van der Waals surface area (Å²) in [6.07, 6.45) is -0.779. The lowest BCUT2D eigenvalue weighted by Gasteiger charge is -2.13. The molecule has 2 amide bonds. The molecule has 7 nitrogen and oxygen atoms in total. The van der Waals surface area contributed by atoms with E-state index in [2.05, 4.69) is 0 Å². The monoisotopic (exact) mass is 250 g/mol. The van der Waals surface area contributed by atoms with E-state index in [4.69, 9.17) is 4.74 Å². The normalized spacial score (nSPS) is 17.8. The minimum absolute atomic E-state index is 0.113. The van der Waals surface area contributed by atoms with Crippen LogP contribution in [0.1, 0.15) is 13.8 Å². The highest BCUT2D eigenvalue weighted by molar-refractivity contribution is 6.19. The van der Waals surface area contributed by atoms with E-state index in [0.29, 0.717) is 0 Å². The second-order valence-electron chi connectivity index (χ2n) is 4.29. The number of ether oxygens (including phenoxy) is 1. The molecule has 0 aromatic heterocycles. The van der Waals surface area contributed by atoms with E-state index >= 15 is 0 Å². The number of anilines is 1. The molecule has 1 saturated heterocycles. The fourth-order valence-corrected chi connectivity index (χ4v) is 1.61. The van der Waals surface area contributed by atoms with Crippen LogP contribution in [0.15, 0.2) is 24.3 Å². The third kappa shape index (κ3) is 1.79. The first-order valence-corrected chi connectivity index (χ1v) is 5.15. The molecule has 0 N–H and O–H groups in total. The van der Waals surface area contributed by atoms with Crippen LogP contribution in [-0.4, -0.2) is 22.5 Å². The number of carbonyl (C=O) groups excluding carboxylic acids is 2. The molecule has 1 aliphatic heterocycles. The molecule has 0 aliphatic carbocycles. The number of benzene rings is 1. The van der Waals surface area contributed by atoms with Crippen molar-refractivity contribution in [1.29, 1.82) is 0 Å². The molecule has 1 aliphatic rings. The highest BCUT2D eigenvalue weighted by Crippen LogP contribution is 2.29. The topological polar surface area (TPSA) is 89.8 Å². The standard InChI is InChI=1S/C11H10N2O5/c1-11(2)9(14)12(10(15)18-11)7-3-5-8(6-4-7)13(16)17/h3-6H,1-2H3. The molecule has 1 aromatic rings. The van der Waals surface area contributed by atoms with Crippen LogP contribution in [0.3, 0.4) is 0 Å². The molecule has 0 bridgehead atoms. The number of imide groups is 1. The smallest absolute Gasteiger partial charge is 0.422 e. The first-order chi connectivity index (χ1) is 8.33. The van der Waals surface area contributed by atoms with Gasteiger partial charge in [0.15, 0.2) is 5.60 Å². The van der Waals surface area contributed by atoms with Gasteiger partial charge in [-0.15, -0.1) is 0 Å². The van der Waals surface area contributed by atoms with Crippen LogP contribution in [0.2, 0.25) is 0 Å². The van der Waals surface area contributed by atoms with Gasteiger partial charge in [0, 0.05) is 12.1 Å². The molecule has 1 fully saturated rings. The Morgan fingerprint density at radius 3 is 2.17 bits per heavy atom. The highest BCUT2D eigenvalue weighted by Gasteiger charge is 2.47. The molecule has 0 spiro atoms. The Bertz CT molecular complexity index is 535. The second-order valence-corrected chi connectivity index (χ2v) is 4.29. The van der Waals surface area contributed by atoms with Gasteiger partial charge in [0.1, 0.15) is 0 Å². The van der Waals surface area contributed by atoms with Gasteiger partial charge in [0.2, 0.25) is 0 Å². The van der Waals surface area contributed by atoms with E-state index in [9.17, 15) is 19.7 Å². The Hall–Kier alpha value is -2.44. The fraction of sp³-hybridized carbons (Fsp3) is 0.273. The van der Waals surface area contributed by atoms with Gasteiger partial charge in [-0.2, -0.15) is 0 Å². The van der Waals surface area contributed by atoms with E-state index in [0.717, 1.165) is 4.90 Å². The first kappa shape index (κ1) is 12.0. The summed E-state index contributed by atoms with van der Waals surface area (Å²) in [5, 5.41) is 10.5. The Kier molecular flexibility index (Phi) is 2.54. The fourth-order valence-electron chi connectivity index (χ4n) is 1.61. The first-order valence-electron chi connectivity index (χ1n) is 5.15. The second kappa shape index (κ2) is 3.80. The number of hydrogen-bond acceptors (Lipinski definition) is 5. The number of nitro benzene ring substituents is 1. The summed E-state index contributed by atoms with van der Waals surface area (Å²) < 4.78 is 4.91. The lowest BCUT2D eigenvalue weighted by atomic mass is 10.1. The number of nitro groups is 1. The summed E-state index contributed by atoms with van der Waals surface area (Å²) in [7, 11) is 0. The predicted molar refractivity (Wildman–Crippen MR) is 61.1 cm³/mol. The van der Waals surface area contributed by atoms with Crippen LogP contribution in [0.4, 0.5) is 16.2 Å². The van der Waals surface area contributed by atoms with Crippen LogP contribution < -0.4 is 4.90 Å². The molecule has 0 saturated carbocycles. The maximum atomic E-state index is 11.9. The van der Waals surface area contributed by atoms with Gasteiger partial charge in [0.05, 0.1) is 10.6 Å². The van der Waals surface area contributed by atoms with Crippen molar-refractivity contribution in [2.24, 2.45) is 0 Å². The average molecular weight is 250 g/mol. The van der Waals surface area contributed by atoms with Gasteiger partial charge in [-0.1, -0.05) is 0 Å². The Morgan fingerprint density at radius 2 is 1.78 bits per heavy atom. The zero-order valence-corrected chi connectivity index (χ0v) is 9.75. The lowest BCUT2D eigenvalue weighted by molar-refractivity contribution is -0.384. The van der Waals surface area contributed by atoms with Gasteiger partial charge in [0.25, 0.3) is 11.6 Å². The molecule has 1 aromatic carbocycles. The summed E-state index contributed by atoms with van der Waals surface area (Å²) in [4.78, 5) is 34.3. The molecule has 7 heteroatoms. The molecular weight excluding hydrogens is 240 g/mol.